The molecular weight excluding hydrogens is 264 g/mol. The molecule has 2 aromatic rings. The monoisotopic (exact) mass is 286 g/mol. The third kappa shape index (κ3) is 3.17. The van der Waals surface area contributed by atoms with E-state index in [0.29, 0.717) is 0 Å². The zero-order valence-corrected chi connectivity index (χ0v) is 12.2. The maximum Gasteiger partial charge on any atom is 0.256 e. The highest BCUT2D eigenvalue weighted by atomic mass is 16.3. The Hall–Kier alpha value is -1.65. The van der Waals surface area contributed by atoms with E-state index >= 15 is 0 Å². The molecule has 1 saturated heterocycles. The number of aliphatic hydroxyl groups is 1. The molecule has 21 heavy (non-hydrogen) atoms. The number of nitrogens with zero attached hydrogens (tertiary/aromatic N) is 1. The van der Waals surface area contributed by atoms with Crippen LogP contribution in [0.2, 0.25) is 0 Å². The van der Waals surface area contributed by atoms with E-state index in [1.165, 1.54) is 12.8 Å². The Labute approximate surface area is 124 Å². The zero-order chi connectivity index (χ0) is 14.7. The molecule has 0 radical (unpaired) electrons. The van der Waals surface area contributed by atoms with Gasteiger partial charge in [-0.05, 0) is 36.9 Å². The van der Waals surface area contributed by atoms with Gasteiger partial charge in [-0.3, -0.25) is 9.69 Å². The number of hydrogen-bond donors (Lipinski definition) is 2. The van der Waals surface area contributed by atoms with Gasteiger partial charge in [-0.25, -0.2) is 0 Å². The Morgan fingerprint density at radius 1 is 1.29 bits per heavy atom. The van der Waals surface area contributed by atoms with Crippen molar-refractivity contribution in [1.29, 1.82) is 0 Å². The summed E-state index contributed by atoms with van der Waals surface area (Å²) >= 11 is 0. The highest BCUT2D eigenvalue weighted by Gasteiger charge is 2.21. The summed E-state index contributed by atoms with van der Waals surface area (Å²) in [5, 5.41) is 11.2. The maximum atomic E-state index is 12.1. The van der Waals surface area contributed by atoms with Gasteiger partial charge in [0.25, 0.3) is 5.56 Å². The number of aliphatic hydroxyl groups excluding tert-OH is 1. The summed E-state index contributed by atoms with van der Waals surface area (Å²) in [6.45, 7) is 2.16. The predicted molar refractivity (Wildman–Crippen MR) is 84.6 cm³/mol. The van der Waals surface area contributed by atoms with Gasteiger partial charge in [-0.2, -0.15) is 0 Å². The quantitative estimate of drug-likeness (QED) is 0.903. The lowest BCUT2D eigenvalue weighted by molar-refractivity contribution is 0.0911. The molecule has 2 heterocycles. The molecule has 0 aliphatic carbocycles. The predicted octanol–water partition coefficient (Wildman–Crippen LogP) is 1.92. The van der Waals surface area contributed by atoms with E-state index in [1.54, 1.807) is 0 Å². The summed E-state index contributed by atoms with van der Waals surface area (Å²) in [5.41, 5.74) is 0.960. The number of benzene rings is 1. The minimum Gasteiger partial charge on any atom is -0.395 e. The van der Waals surface area contributed by atoms with Crippen LogP contribution in [-0.4, -0.2) is 40.7 Å². The molecule has 3 rings (SSSR count). The second kappa shape index (κ2) is 6.41. The van der Waals surface area contributed by atoms with Crippen LogP contribution in [0.5, 0.6) is 0 Å². The Morgan fingerprint density at radius 3 is 3.00 bits per heavy atom. The van der Waals surface area contributed by atoms with Crippen molar-refractivity contribution in [2.24, 2.45) is 0 Å². The average Bonchev–Trinajstić information content (AvgIpc) is 2.53. The number of H-pyrrole nitrogens is 1. The van der Waals surface area contributed by atoms with Crippen LogP contribution >= 0.6 is 0 Å². The van der Waals surface area contributed by atoms with E-state index in [-0.39, 0.29) is 18.2 Å². The fraction of sp³-hybridized carbons (Fsp3) is 0.471. The van der Waals surface area contributed by atoms with Crippen LogP contribution in [0.3, 0.4) is 0 Å². The van der Waals surface area contributed by atoms with Gasteiger partial charge in [0, 0.05) is 30.1 Å². The first-order chi connectivity index (χ1) is 10.3. The number of fused-ring (bicyclic) bond motifs is 1. The summed E-state index contributed by atoms with van der Waals surface area (Å²) in [7, 11) is 0. The minimum absolute atomic E-state index is 0.0135. The summed E-state index contributed by atoms with van der Waals surface area (Å²) in [4.78, 5) is 17.4. The number of hydrogen-bond acceptors (Lipinski definition) is 3. The molecule has 0 saturated carbocycles. The Morgan fingerprint density at radius 2 is 2.14 bits per heavy atom. The van der Waals surface area contributed by atoms with Crippen molar-refractivity contribution < 1.29 is 5.11 Å². The van der Waals surface area contributed by atoms with E-state index < -0.39 is 0 Å². The number of nitrogens with one attached hydrogen (secondary N) is 1. The van der Waals surface area contributed by atoms with Gasteiger partial charge in [0.05, 0.1) is 6.61 Å². The molecule has 1 unspecified atom stereocenters. The highest BCUT2D eigenvalue weighted by Crippen LogP contribution is 2.17. The van der Waals surface area contributed by atoms with Crippen LogP contribution in [0.25, 0.3) is 10.8 Å². The third-order valence-corrected chi connectivity index (χ3v) is 4.44. The van der Waals surface area contributed by atoms with Gasteiger partial charge in [0.2, 0.25) is 0 Å². The molecule has 1 aromatic heterocycles. The topological polar surface area (TPSA) is 56.3 Å². The summed E-state index contributed by atoms with van der Waals surface area (Å²) in [6, 6.07) is 10.0. The SMILES string of the molecule is O=c1[nH]c(CCN2CCCCC2CO)cc2ccccc12. The molecule has 1 atom stereocenters. The van der Waals surface area contributed by atoms with E-state index in [2.05, 4.69) is 16.0 Å². The normalized spacial score (nSPS) is 20.0. The van der Waals surface area contributed by atoms with E-state index in [1.807, 2.05) is 24.3 Å². The van der Waals surface area contributed by atoms with Gasteiger partial charge in [-0.15, -0.1) is 0 Å². The first-order valence-electron chi connectivity index (χ1n) is 7.74. The second-order valence-electron chi connectivity index (χ2n) is 5.83. The number of likely N-dealkylation sites (tertiary alicyclic amines) is 1. The van der Waals surface area contributed by atoms with Gasteiger partial charge in [-0.1, -0.05) is 24.6 Å². The van der Waals surface area contributed by atoms with Crippen LogP contribution in [0.15, 0.2) is 35.1 Å². The maximum absolute atomic E-state index is 12.1. The highest BCUT2D eigenvalue weighted by molar-refractivity contribution is 5.81. The molecule has 1 aromatic carbocycles. The van der Waals surface area contributed by atoms with Crippen molar-refractivity contribution >= 4 is 10.8 Å². The first kappa shape index (κ1) is 14.3. The number of aromatic amines is 1. The lowest BCUT2D eigenvalue weighted by Gasteiger charge is -2.34. The summed E-state index contributed by atoms with van der Waals surface area (Å²) < 4.78 is 0. The van der Waals surface area contributed by atoms with Crippen molar-refractivity contribution in [2.75, 3.05) is 19.7 Å². The van der Waals surface area contributed by atoms with Crippen molar-refractivity contribution in [3.63, 3.8) is 0 Å². The van der Waals surface area contributed by atoms with Crippen molar-refractivity contribution in [2.45, 2.75) is 31.7 Å². The average molecular weight is 286 g/mol. The molecular formula is C17H22N2O2. The Bertz CT molecular complexity index is 665. The standard InChI is InChI=1S/C17H22N2O2/c20-12-15-6-3-4-9-19(15)10-8-14-11-13-5-1-2-7-16(13)17(21)18-14/h1-2,5,7,11,15,20H,3-4,6,8-10,12H2,(H,18,21). The lowest BCUT2D eigenvalue weighted by Crippen LogP contribution is -2.42. The fourth-order valence-electron chi connectivity index (χ4n) is 3.23. The van der Waals surface area contributed by atoms with Crippen molar-refractivity contribution in [3.05, 3.63) is 46.4 Å². The van der Waals surface area contributed by atoms with Crippen molar-refractivity contribution in [3.8, 4) is 0 Å². The van der Waals surface area contributed by atoms with Crippen LogP contribution in [0.4, 0.5) is 0 Å². The molecule has 1 aliphatic heterocycles. The van der Waals surface area contributed by atoms with Crippen LogP contribution in [-0.2, 0) is 6.42 Å². The Balaban J connectivity index is 1.74. The lowest BCUT2D eigenvalue weighted by atomic mass is 10.0. The zero-order valence-electron chi connectivity index (χ0n) is 12.2. The van der Waals surface area contributed by atoms with Gasteiger partial charge < -0.3 is 10.1 Å². The molecule has 4 heteroatoms. The van der Waals surface area contributed by atoms with E-state index in [0.717, 1.165) is 42.4 Å². The first-order valence-corrected chi connectivity index (χ1v) is 7.74. The fourth-order valence-corrected chi connectivity index (χ4v) is 3.23. The number of pyridine rings is 1. The Kier molecular flexibility index (Phi) is 4.36. The minimum atomic E-state index is -0.0135. The number of rotatable bonds is 4. The summed E-state index contributed by atoms with van der Waals surface area (Å²) in [6.07, 6.45) is 4.29. The number of aromatic nitrogens is 1. The van der Waals surface area contributed by atoms with Crippen LogP contribution in [0.1, 0.15) is 25.0 Å². The molecule has 1 fully saturated rings. The van der Waals surface area contributed by atoms with E-state index in [9.17, 15) is 9.90 Å². The van der Waals surface area contributed by atoms with Gasteiger partial charge in [0.15, 0.2) is 0 Å². The van der Waals surface area contributed by atoms with Crippen LogP contribution in [0, 0.1) is 0 Å². The molecule has 0 bridgehead atoms. The molecule has 4 nitrogen and oxygen atoms in total. The molecule has 2 N–H and O–H groups in total. The van der Waals surface area contributed by atoms with Gasteiger partial charge >= 0.3 is 0 Å². The third-order valence-electron chi connectivity index (χ3n) is 4.44. The smallest absolute Gasteiger partial charge is 0.256 e. The largest absolute Gasteiger partial charge is 0.395 e. The van der Waals surface area contributed by atoms with Gasteiger partial charge in [0.1, 0.15) is 0 Å². The molecule has 1 aliphatic rings. The van der Waals surface area contributed by atoms with Crippen LogP contribution < -0.4 is 5.56 Å². The molecule has 0 spiro atoms. The second-order valence-corrected chi connectivity index (χ2v) is 5.83. The van der Waals surface area contributed by atoms with E-state index in [4.69, 9.17) is 0 Å². The summed E-state index contributed by atoms with van der Waals surface area (Å²) in [5.74, 6) is 0. The van der Waals surface area contributed by atoms with Crippen molar-refractivity contribution in [1.82, 2.24) is 9.88 Å². The number of piperidine rings is 1. The molecule has 112 valence electrons. The molecule has 0 amide bonds.